The smallest absolute Gasteiger partial charge is 0.312 e. The number of nitrogens with zero attached hydrogens (tertiary/aromatic N) is 1. The summed E-state index contributed by atoms with van der Waals surface area (Å²) in [5.41, 5.74) is -0.273. The van der Waals surface area contributed by atoms with Gasteiger partial charge in [-0.15, -0.1) is 0 Å². The average molecular weight is 267 g/mol. The molecule has 0 radical (unpaired) electrons. The van der Waals surface area contributed by atoms with Crippen molar-refractivity contribution in [2.24, 2.45) is 10.8 Å². The quantitative estimate of drug-likeness (QED) is 0.580. The molecular weight excluding hydrogens is 242 g/mol. The van der Waals surface area contributed by atoms with Crippen molar-refractivity contribution < 1.29 is 14.3 Å². The summed E-state index contributed by atoms with van der Waals surface area (Å²) in [5.74, 6) is -0.0350. The minimum atomic E-state index is -0.324. The highest BCUT2D eigenvalue weighted by Crippen LogP contribution is 2.48. The molecule has 0 saturated carbocycles. The summed E-state index contributed by atoms with van der Waals surface area (Å²) in [6, 6.07) is 0. The molecule has 0 aromatic rings. The van der Waals surface area contributed by atoms with Crippen molar-refractivity contribution in [2.75, 3.05) is 13.1 Å². The first kappa shape index (κ1) is 14.4. The summed E-state index contributed by atoms with van der Waals surface area (Å²) < 4.78 is 5.70. The number of esters is 1. The minimum Gasteiger partial charge on any atom is -0.461 e. The molecule has 2 fully saturated rings. The van der Waals surface area contributed by atoms with Crippen LogP contribution in [0.15, 0.2) is 0 Å². The predicted octanol–water partition coefficient (Wildman–Crippen LogP) is 2.37. The van der Waals surface area contributed by atoms with E-state index in [9.17, 15) is 9.59 Å². The van der Waals surface area contributed by atoms with Gasteiger partial charge in [-0.25, -0.2) is 0 Å². The molecule has 1 amide bonds. The van der Waals surface area contributed by atoms with E-state index < -0.39 is 0 Å². The first-order chi connectivity index (χ1) is 8.93. The average Bonchev–Trinajstić information content (AvgIpc) is 2.69. The van der Waals surface area contributed by atoms with E-state index in [-0.39, 0.29) is 22.9 Å². The molecule has 2 heterocycles. The Morgan fingerprint density at radius 2 is 2.05 bits per heavy atom. The number of hydrogen-bond donors (Lipinski definition) is 0. The molecule has 108 valence electrons. The zero-order valence-corrected chi connectivity index (χ0v) is 12.3. The van der Waals surface area contributed by atoms with Gasteiger partial charge in [0, 0.05) is 24.9 Å². The van der Waals surface area contributed by atoms with Crippen LogP contribution in [-0.4, -0.2) is 36.5 Å². The van der Waals surface area contributed by atoms with Crippen LogP contribution in [-0.2, 0) is 14.3 Å². The van der Waals surface area contributed by atoms with Gasteiger partial charge in [-0.2, -0.15) is 0 Å². The van der Waals surface area contributed by atoms with Gasteiger partial charge in [0.25, 0.3) is 0 Å². The summed E-state index contributed by atoms with van der Waals surface area (Å²) >= 11 is 0. The van der Waals surface area contributed by atoms with Gasteiger partial charge in [0.1, 0.15) is 6.10 Å². The van der Waals surface area contributed by atoms with Crippen molar-refractivity contribution in [2.45, 2.75) is 59.0 Å². The third-order valence-corrected chi connectivity index (χ3v) is 4.93. The first-order valence-corrected chi connectivity index (χ1v) is 7.34. The minimum absolute atomic E-state index is 0.0303. The van der Waals surface area contributed by atoms with Crippen LogP contribution in [0.2, 0.25) is 0 Å². The second-order valence-corrected chi connectivity index (χ2v) is 6.76. The number of rotatable bonds is 4. The van der Waals surface area contributed by atoms with E-state index in [1.165, 1.54) is 0 Å². The maximum absolute atomic E-state index is 12.3. The molecule has 4 heteroatoms. The molecule has 2 aliphatic heterocycles. The van der Waals surface area contributed by atoms with E-state index in [1.54, 1.807) is 4.90 Å². The second-order valence-electron chi connectivity index (χ2n) is 6.76. The van der Waals surface area contributed by atoms with Gasteiger partial charge in [0.05, 0.1) is 5.41 Å². The van der Waals surface area contributed by atoms with Crippen molar-refractivity contribution in [3.8, 4) is 0 Å². The summed E-state index contributed by atoms with van der Waals surface area (Å²) in [4.78, 5) is 24.8. The number of hydrogen-bond acceptors (Lipinski definition) is 3. The molecule has 0 aromatic carbocycles. The Labute approximate surface area is 115 Å². The number of carbonyl (C=O) groups excluding carboxylic acids is 2. The van der Waals surface area contributed by atoms with Crippen LogP contribution in [0.4, 0.5) is 0 Å². The van der Waals surface area contributed by atoms with Crippen LogP contribution in [0, 0.1) is 10.8 Å². The van der Waals surface area contributed by atoms with Crippen LogP contribution < -0.4 is 0 Å². The lowest BCUT2D eigenvalue weighted by Gasteiger charge is -2.35. The molecule has 2 aliphatic rings. The van der Waals surface area contributed by atoms with E-state index in [0.29, 0.717) is 13.1 Å². The van der Waals surface area contributed by atoms with Crippen LogP contribution in [0.5, 0.6) is 0 Å². The topological polar surface area (TPSA) is 46.6 Å². The maximum atomic E-state index is 12.3. The maximum Gasteiger partial charge on any atom is 0.312 e. The SMILES string of the molecule is CCCC(C)(C)C1CC2(CCN(C=O)CC2)C(=O)O1. The normalized spacial score (nSPS) is 26.6. The number of piperidine rings is 1. The molecule has 0 aromatic heterocycles. The predicted molar refractivity (Wildman–Crippen MR) is 72.5 cm³/mol. The van der Waals surface area contributed by atoms with E-state index >= 15 is 0 Å². The van der Waals surface area contributed by atoms with E-state index in [1.807, 2.05) is 0 Å². The summed E-state index contributed by atoms with van der Waals surface area (Å²) in [7, 11) is 0. The molecule has 2 saturated heterocycles. The lowest BCUT2D eigenvalue weighted by atomic mass is 9.71. The van der Waals surface area contributed by atoms with Gasteiger partial charge < -0.3 is 9.64 Å². The molecule has 1 unspecified atom stereocenters. The number of ether oxygens (including phenoxy) is 1. The Kier molecular flexibility index (Phi) is 3.88. The lowest BCUT2D eigenvalue weighted by molar-refractivity contribution is -0.154. The van der Waals surface area contributed by atoms with Gasteiger partial charge >= 0.3 is 5.97 Å². The summed E-state index contributed by atoms with van der Waals surface area (Å²) in [5, 5.41) is 0. The monoisotopic (exact) mass is 267 g/mol. The van der Waals surface area contributed by atoms with Crippen molar-refractivity contribution in [1.82, 2.24) is 4.90 Å². The Morgan fingerprint density at radius 3 is 2.58 bits per heavy atom. The Morgan fingerprint density at radius 1 is 1.42 bits per heavy atom. The fourth-order valence-electron chi connectivity index (χ4n) is 3.44. The number of carbonyl (C=O) groups is 2. The van der Waals surface area contributed by atoms with Gasteiger partial charge in [-0.1, -0.05) is 27.2 Å². The zero-order chi connectivity index (χ0) is 14.1. The summed E-state index contributed by atoms with van der Waals surface area (Å²) in [6.45, 7) is 7.90. The van der Waals surface area contributed by atoms with Crippen molar-refractivity contribution >= 4 is 12.4 Å². The Hall–Kier alpha value is -1.06. The third kappa shape index (κ3) is 2.63. The molecule has 0 aliphatic carbocycles. The molecule has 0 N–H and O–H groups in total. The highest BCUT2D eigenvalue weighted by atomic mass is 16.6. The molecule has 2 rings (SSSR count). The van der Waals surface area contributed by atoms with Gasteiger partial charge in [0.2, 0.25) is 6.41 Å². The van der Waals surface area contributed by atoms with E-state index in [4.69, 9.17) is 4.74 Å². The van der Waals surface area contributed by atoms with E-state index in [2.05, 4.69) is 20.8 Å². The van der Waals surface area contributed by atoms with Crippen LogP contribution >= 0.6 is 0 Å². The number of likely N-dealkylation sites (tertiary alicyclic amines) is 1. The fourth-order valence-corrected chi connectivity index (χ4v) is 3.44. The Balaban J connectivity index is 2.06. The molecule has 1 spiro atoms. The van der Waals surface area contributed by atoms with Gasteiger partial charge in [0.15, 0.2) is 0 Å². The Bertz CT molecular complexity index is 356. The third-order valence-electron chi connectivity index (χ3n) is 4.93. The van der Waals surface area contributed by atoms with E-state index in [0.717, 1.165) is 38.5 Å². The largest absolute Gasteiger partial charge is 0.461 e. The highest BCUT2D eigenvalue weighted by molar-refractivity contribution is 5.79. The molecule has 4 nitrogen and oxygen atoms in total. The van der Waals surface area contributed by atoms with Gasteiger partial charge in [-0.05, 0) is 19.3 Å². The number of amides is 1. The molecule has 19 heavy (non-hydrogen) atoms. The summed E-state index contributed by atoms with van der Waals surface area (Å²) in [6.07, 6.45) is 5.42. The zero-order valence-electron chi connectivity index (χ0n) is 12.3. The second kappa shape index (κ2) is 5.14. The molecule has 1 atom stereocenters. The van der Waals surface area contributed by atoms with Crippen molar-refractivity contribution in [1.29, 1.82) is 0 Å². The van der Waals surface area contributed by atoms with Crippen molar-refractivity contribution in [3.05, 3.63) is 0 Å². The van der Waals surface area contributed by atoms with Crippen LogP contribution in [0.25, 0.3) is 0 Å². The lowest BCUT2D eigenvalue weighted by Crippen LogP contribution is -2.42. The first-order valence-electron chi connectivity index (χ1n) is 7.34. The number of cyclic esters (lactones) is 1. The van der Waals surface area contributed by atoms with Crippen LogP contribution in [0.3, 0.4) is 0 Å². The van der Waals surface area contributed by atoms with Crippen molar-refractivity contribution in [3.63, 3.8) is 0 Å². The van der Waals surface area contributed by atoms with Gasteiger partial charge in [-0.3, -0.25) is 9.59 Å². The van der Waals surface area contributed by atoms with Crippen LogP contribution in [0.1, 0.15) is 52.9 Å². The highest BCUT2D eigenvalue weighted by Gasteiger charge is 2.53. The fraction of sp³-hybridized carbons (Fsp3) is 0.867. The molecular formula is C15H25NO3. The molecule has 0 bridgehead atoms. The standard InChI is InChI=1S/C15H25NO3/c1-4-5-14(2,3)12-10-15(13(18)19-12)6-8-16(11-17)9-7-15/h11-12H,4-10H2,1-3H3.